The van der Waals surface area contributed by atoms with E-state index in [9.17, 15) is 4.79 Å². The van der Waals surface area contributed by atoms with Crippen LogP contribution < -0.4 is 5.32 Å². The highest BCUT2D eigenvalue weighted by Gasteiger charge is 2.36. The molecule has 2 aliphatic rings. The number of carbonyl (C=O) groups excluding carboxylic acids is 1. The average Bonchev–Trinajstić information content (AvgIpc) is 3.20. The number of allylic oxidation sites excluding steroid dienone is 2. The normalized spacial score (nSPS) is 20.3. The van der Waals surface area contributed by atoms with Gasteiger partial charge in [0.25, 0.3) is 0 Å². The highest BCUT2D eigenvalue weighted by atomic mass is 32.1. The van der Waals surface area contributed by atoms with E-state index in [1.54, 1.807) is 11.3 Å². The Balaban J connectivity index is 1.83. The van der Waals surface area contributed by atoms with E-state index in [0.29, 0.717) is 6.42 Å². The Morgan fingerprint density at radius 1 is 1.17 bits per heavy atom. The summed E-state index contributed by atoms with van der Waals surface area (Å²) in [6, 6.07) is 12.2. The number of anilines is 1. The van der Waals surface area contributed by atoms with E-state index in [4.69, 9.17) is 4.98 Å². The number of hydrogen-bond acceptors (Lipinski definition) is 4. The molecule has 0 saturated carbocycles. The van der Waals surface area contributed by atoms with Crippen LogP contribution in [0.2, 0.25) is 0 Å². The molecule has 4 nitrogen and oxygen atoms in total. The minimum atomic E-state index is -0.0542. The SMILES string of the molecule is O=C1CCCC2=C1C(c1cccs1)n1c(nc3ccccc31)N2. The Kier molecular flexibility index (Phi) is 2.73. The van der Waals surface area contributed by atoms with E-state index < -0.39 is 0 Å². The Morgan fingerprint density at radius 3 is 2.96 bits per heavy atom. The number of ketones is 1. The van der Waals surface area contributed by atoms with Crippen LogP contribution in [0.3, 0.4) is 0 Å². The van der Waals surface area contributed by atoms with Crippen LogP contribution in [0.25, 0.3) is 11.0 Å². The topological polar surface area (TPSA) is 46.9 Å². The fourth-order valence-corrected chi connectivity index (χ4v) is 4.51. The molecule has 1 atom stereocenters. The van der Waals surface area contributed by atoms with Gasteiger partial charge in [-0.1, -0.05) is 18.2 Å². The zero-order valence-electron chi connectivity index (χ0n) is 12.5. The molecule has 3 heterocycles. The van der Waals surface area contributed by atoms with Crippen LogP contribution in [0.5, 0.6) is 0 Å². The van der Waals surface area contributed by atoms with Crippen LogP contribution in [-0.4, -0.2) is 15.3 Å². The summed E-state index contributed by atoms with van der Waals surface area (Å²) in [5.41, 5.74) is 4.01. The maximum absolute atomic E-state index is 12.7. The van der Waals surface area contributed by atoms with E-state index in [2.05, 4.69) is 27.4 Å². The summed E-state index contributed by atoms with van der Waals surface area (Å²) in [6.07, 6.45) is 2.48. The van der Waals surface area contributed by atoms with Gasteiger partial charge in [-0.2, -0.15) is 0 Å². The number of benzene rings is 1. The molecule has 0 fully saturated rings. The molecule has 0 bridgehead atoms. The van der Waals surface area contributed by atoms with Crippen LogP contribution in [0.15, 0.2) is 53.0 Å². The third-order valence-electron chi connectivity index (χ3n) is 4.66. The van der Waals surface area contributed by atoms with Gasteiger partial charge in [0, 0.05) is 22.6 Å². The number of fused-ring (bicyclic) bond motifs is 3. The summed E-state index contributed by atoms with van der Waals surface area (Å²) in [5.74, 6) is 1.11. The zero-order valence-corrected chi connectivity index (χ0v) is 13.3. The van der Waals surface area contributed by atoms with E-state index in [1.807, 2.05) is 24.3 Å². The monoisotopic (exact) mass is 321 g/mol. The van der Waals surface area contributed by atoms with Gasteiger partial charge >= 0.3 is 0 Å². The second-order valence-electron chi connectivity index (χ2n) is 6.01. The fourth-order valence-electron chi connectivity index (χ4n) is 3.69. The number of nitrogens with one attached hydrogen (secondary N) is 1. The lowest BCUT2D eigenvalue weighted by Gasteiger charge is -2.33. The second kappa shape index (κ2) is 4.80. The largest absolute Gasteiger partial charge is 0.329 e. The predicted molar refractivity (Wildman–Crippen MR) is 91.7 cm³/mol. The van der Waals surface area contributed by atoms with Gasteiger partial charge < -0.3 is 5.32 Å². The summed E-state index contributed by atoms with van der Waals surface area (Å²) >= 11 is 1.70. The van der Waals surface area contributed by atoms with Crippen LogP contribution in [-0.2, 0) is 4.79 Å². The van der Waals surface area contributed by atoms with E-state index in [1.165, 1.54) is 4.88 Å². The first-order valence-electron chi connectivity index (χ1n) is 7.86. The number of aromatic nitrogens is 2. The Morgan fingerprint density at radius 2 is 2.09 bits per heavy atom. The molecule has 2 aromatic heterocycles. The van der Waals surface area contributed by atoms with Crippen molar-refractivity contribution in [1.82, 2.24) is 9.55 Å². The Hall–Kier alpha value is -2.40. The molecule has 3 aromatic rings. The van der Waals surface area contributed by atoms with Crippen molar-refractivity contribution in [3.05, 3.63) is 57.9 Å². The average molecular weight is 321 g/mol. The van der Waals surface area contributed by atoms with Crippen molar-refractivity contribution in [1.29, 1.82) is 0 Å². The molecule has 0 spiro atoms. The lowest BCUT2D eigenvalue weighted by molar-refractivity contribution is -0.116. The quantitative estimate of drug-likeness (QED) is 0.733. The van der Waals surface area contributed by atoms with Crippen LogP contribution >= 0.6 is 11.3 Å². The number of rotatable bonds is 1. The minimum Gasteiger partial charge on any atom is -0.329 e. The summed E-state index contributed by atoms with van der Waals surface area (Å²) in [6.45, 7) is 0. The molecule has 23 heavy (non-hydrogen) atoms. The first-order valence-corrected chi connectivity index (χ1v) is 8.74. The van der Waals surface area contributed by atoms with Gasteiger partial charge in [-0.15, -0.1) is 11.3 Å². The van der Waals surface area contributed by atoms with E-state index in [-0.39, 0.29) is 11.8 Å². The Labute approximate surface area is 137 Å². The summed E-state index contributed by atoms with van der Waals surface area (Å²) < 4.78 is 2.18. The van der Waals surface area contributed by atoms with E-state index in [0.717, 1.165) is 41.1 Å². The predicted octanol–water partition coefficient (Wildman–Crippen LogP) is 4.12. The van der Waals surface area contributed by atoms with Crippen molar-refractivity contribution >= 4 is 34.1 Å². The maximum Gasteiger partial charge on any atom is 0.209 e. The molecular weight excluding hydrogens is 306 g/mol. The van der Waals surface area contributed by atoms with Gasteiger partial charge in [-0.25, -0.2) is 4.98 Å². The van der Waals surface area contributed by atoms with Crippen LogP contribution in [0, 0.1) is 0 Å². The minimum absolute atomic E-state index is 0.0542. The number of Topliss-reactive ketones (excluding diaryl/α,β-unsaturated/α-hetero) is 1. The van der Waals surface area contributed by atoms with Gasteiger partial charge in [0.05, 0.1) is 11.0 Å². The summed E-state index contributed by atoms with van der Waals surface area (Å²) in [7, 11) is 0. The standard InChI is InChI=1S/C18H15N3OS/c22-14-8-3-6-12-16(14)17(15-9-4-10-23-15)21-13-7-2-1-5-11(13)19-18(21)20-12/h1-2,4-5,7,9-10,17H,3,6,8H2,(H,19,20). The molecule has 1 aromatic carbocycles. The van der Waals surface area contributed by atoms with Gasteiger partial charge in [0.2, 0.25) is 5.95 Å². The van der Waals surface area contributed by atoms with Crippen molar-refractivity contribution in [3.63, 3.8) is 0 Å². The summed E-state index contributed by atoms with van der Waals surface area (Å²) in [5, 5.41) is 5.50. The van der Waals surface area contributed by atoms with Gasteiger partial charge in [0.15, 0.2) is 5.78 Å². The first kappa shape index (κ1) is 13.1. The van der Waals surface area contributed by atoms with Crippen LogP contribution in [0.4, 0.5) is 5.95 Å². The Bertz CT molecular complexity index is 952. The van der Waals surface area contributed by atoms with Crippen molar-refractivity contribution < 1.29 is 4.79 Å². The van der Waals surface area contributed by atoms with Crippen molar-refractivity contribution in [2.24, 2.45) is 0 Å². The van der Waals surface area contributed by atoms with Gasteiger partial charge in [-0.05, 0) is 36.4 Å². The lowest BCUT2D eigenvalue weighted by Crippen LogP contribution is -2.30. The fraction of sp³-hybridized carbons (Fsp3) is 0.222. The van der Waals surface area contributed by atoms with Crippen molar-refractivity contribution in [3.8, 4) is 0 Å². The summed E-state index contributed by atoms with van der Waals surface area (Å²) in [4.78, 5) is 18.6. The molecule has 1 aliphatic heterocycles. The van der Waals surface area contributed by atoms with E-state index >= 15 is 0 Å². The highest BCUT2D eigenvalue weighted by molar-refractivity contribution is 7.10. The van der Waals surface area contributed by atoms with Crippen molar-refractivity contribution in [2.75, 3.05) is 5.32 Å². The smallest absolute Gasteiger partial charge is 0.209 e. The third kappa shape index (κ3) is 1.83. The number of hydrogen-bond donors (Lipinski definition) is 1. The molecule has 1 N–H and O–H groups in total. The highest BCUT2D eigenvalue weighted by Crippen LogP contribution is 2.43. The zero-order chi connectivity index (χ0) is 15.4. The molecular formula is C18H15N3OS. The number of carbonyl (C=O) groups is 1. The molecule has 1 unspecified atom stereocenters. The number of nitrogens with zero attached hydrogens (tertiary/aromatic N) is 2. The second-order valence-corrected chi connectivity index (χ2v) is 6.99. The molecule has 0 radical (unpaired) electrons. The molecule has 5 heteroatoms. The molecule has 0 amide bonds. The number of para-hydroxylation sites is 2. The maximum atomic E-state index is 12.7. The van der Waals surface area contributed by atoms with Gasteiger partial charge in [-0.3, -0.25) is 9.36 Å². The van der Waals surface area contributed by atoms with Gasteiger partial charge in [0.1, 0.15) is 6.04 Å². The lowest BCUT2D eigenvalue weighted by atomic mass is 9.88. The molecule has 1 aliphatic carbocycles. The number of thiophene rings is 1. The third-order valence-corrected chi connectivity index (χ3v) is 5.58. The molecule has 0 saturated heterocycles. The first-order chi connectivity index (χ1) is 11.3. The molecule has 114 valence electrons. The van der Waals surface area contributed by atoms with Crippen LogP contribution in [0.1, 0.15) is 30.2 Å². The number of imidazole rings is 1. The van der Waals surface area contributed by atoms with Crippen molar-refractivity contribution in [2.45, 2.75) is 25.3 Å². The molecule has 5 rings (SSSR count).